The molecule has 2 aromatic rings. The van der Waals surface area contributed by atoms with Gasteiger partial charge in [0.2, 0.25) is 5.88 Å². The Labute approximate surface area is 180 Å². The molecular weight excluding hydrogens is 435 g/mol. The summed E-state index contributed by atoms with van der Waals surface area (Å²) >= 11 is 0. The smallest absolute Gasteiger partial charge is 0.416 e. The second kappa shape index (κ2) is 8.55. The molecule has 0 unspecified atom stereocenters. The standard InChI is InChI=1S/C22H21F5N2O3/c23-16-8-13(9-17(24)20(16)29-6-4-12(5-7-29)21(30)31)18-10-14(22(25,26)27)11-19(28-18)32-15-2-1-3-15/h8-12,15H,1-7H2,(H,30,31). The fourth-order valence-electron chi connectivity index (χ4n) is 3.90. The molecule has 2 aliphatic rings. The third kappa shape index (κ3) is 4.63. The molecule has 10 heteroatoms. The number of benzene rings is 1. The molecule has 1 saturated heterocycles. The van der Waals surface area contributed by atoms with E-state index in [0.29, 0.717) is 12.8 Å². The van der Waals surface area contributed by atoms with E-state index in [1.807, 2.05) is 0 Å². The van der Waals surface area contributed by atoms with E-state index in [4.69, 9.17) is 9.84 Å². The van der Waals surface area contributed by atoms with Crippen molar-refractivity contribution in [1.82, 2.24) is 4.98 Å². The van der Waals surface area contributed by atoms with Gasteiger partial charge in [0.05, 0.1) is 17.2 Å². The van der Waals surface area contributed by atoms with Gasteiger partial charge in [-0.2, -0.15) is 13.2 Å². The highest BCUT2D eigenvalue weighted by molar-refractivity contribution is 5.71. The van der Waals surface area contributed by atoms with E-state index < -0.39 is 35.3 Å². The van der Waals surface area contributed by atoms with Crippen molar-refractivity contribution in [2.24, 2.45) is 5.92 Å². The number of carbonyl (C=O) groups is 1. The first-order valence-electron chi connectivity index (χ1n) is 10.3. The molecule has 2 fully saturated rings. The first-order valence-corrected chi connectivity index (χ1v) is 10.3. The van der Waals surface area contributed by atoms with Gasteiger partial charge >= 0.3 is 12.1 Å². The van der Waals surface area contributed by atoms with Gasteiger partial charge in [0.25, 0.3) is 0 Å². The van der Waals surface area contributed by atoms with Crippen molar-refractivity contribution in [3.8, 4) is 17.1 Å². The molecule has 0 atom stereocenters. The molecule has 0 radical (unpaired) electrons. The summed E-state index contributed by atoms with van der Waals surface area (Å²) in [6.07, 6.45) is -2.07. The number of rotatable bonds is 5. The number of alkyl halides is 3. The minimum absolute atomic E-state index is 0.145. The number of aromatic nitrogens is 1. The lowest BCUT2D eigenvalue weighted by atomic mass is 9.96. The Balaban J connectivity index is 1.65. The molecule has 0 amide bonds. The molecule has 1 aliphatic carbocycles. The second-order valence-corrected chi connectivity index (χ2v) is 8.14. The van der Waals surface area contributed by atoms with Gasteiger partial charge in [0, 0.05) is 24.7 Å². The monoisotopic (exact) mass is 456 g/mol. The highest BCUT2D eigenvalue weighted by Crippen LogP contribution is 2.37. The molecule has 172 valence electrons. The highest BCUT2D eigenvalue weighted by Gasteiger charge is 2.33. The molecule has 1 aromatic carbocycles. The second-order valence-electron chi connectivity index (χ2n) is 8.14. The number of ether oxygens (including phenoxy) is 1. The number of pyridine rings is 1. The molecule has 1 aliphatic heterocycles. The lowest BCUT2D eigenvalue weighted by Crippen LogP contribution is -2.37. The molecule has 0 bridgehead atoms. The number of halogens is 5. The van der Waals surface area contributed by atoms with Gasteiger partial charge in [-0.25, -0.2) is 13.8 Å². The number of carboxylic acid groups (broad SMARTS) is 1. The Kier molecular flexibility index (Phi) is 5.96. The summed E-state index contributed by atoms with van der Waals surface area (Å²) in [5.74, 6) is -3.65. The molecular formula is C22H21F5N2O3. The topological polar surface area (TPSA) is 62.7 Å². The Hall–Kier alpha value is -2.91. The van der Waals surface area contributed by atoms with E-state index in [1.54, 1.807) is 0 Å². The van der Waals surface area contributed by atoms with Gasteiger partial charge in [-0.1, -0.05) is 0 Å². The van der Waals surface area contributed by atoms with Crippen molar-refractivity contribution >= 4 is 11.7 Å². The van der Waals surface area contributed by atoms with Gasteiger partial charge in [0.15, 0.2) is 0 Å². The molecule has 1 N–H and O–H groups in total. The van der Waals surface area contributed by atoms with Crippen LogP contribution in [0.4, 0.5) is 27.6 Å². The van der Waals surface area contributed by atoms with Crippen LogP contribution in [-0.4, -0.2) is 35.3 Å². The largest absolute Gasteiger partial charge is 0.481 e. The molecule has 2 heterocycles. The number of piperidine rings is 1. The van der Waals surface area contributed by atoms with Crippen molar-refractivity contribution in [1.29, 1.82) is 0 Å². The normalized spacial score (nSPS) is 17.8. The van der Waals surface area contributed by atoms with Crippen molar-refractivity contribution in [3.63, 3.8) is 0 Å². The summed E-state index contributed by atoms with van der Waals surface area (Å²) in [5.41, 5.74) is -1.73. The van der Waals surface area contributed by atoms with E-state index in [1.165, 1.54) is 4.90 Å². The van der Waals surface area contributed by atoms with Crippen LogP contribution in [-0.2, 0) is 11.0 Å². The molecule has 5 nitrogen and oxygen atoms in total. The molecule has 4 rings (SSSR count). The lowest BCUT2D eigenvalue weighted by molar-refractivity contribution is -0.142. The number of carboxylic acids is 1. The number of hydrogen-bond donors (Lipinski definition) is 1. The molecule has 0 spiro atoms. The van der Waals surface area contributed by atoms with Crippen LogP contribution in [0.2, 0.25) is 0 Å². The maximum absolute atomic E-state index is 14.9. The zero-order valence-corrected chi connectivity index (χ0v) is 17.0. The highest BCUT2D eigenvalue weighted by atomic mass is 19.4. The predicted molar refractivity (Wildman–Crippen MR) is 105 cm³/mol. The van der Waals surface area contributed by atoms with Gasteiger partial charge in [0.1, 0.15) is 23.4 Å². The molecule has 32 heavy (non-hydrogen) atoms. The Bertz CT molecular complexity index is 992. The van der Waals surface area contributed by atoms with E-state index in [2.05, 4.69) is 4.98 Å². The summed E-state index contributed by atoms with van der Waals surface area (Å²) in [6.45, 7) is 0.316. The Morgan fingerprint density at radius 2 is 1.66 bits per heavy atom. The van der Waals surface area contributed by atoms with Gasteiger partial charge in [-0.05, 0) is 50.3 Å². The molecule has 1 saturated carbocycles. The van der Waals surface area contributed by atoms with Crippen LogP contribution in [0.3, 0.4) is 0 Å². The van der Waals surface area contributed by atoms with Crippen LogP contribution in [0.1, 0.15) is 37.7 Å². The summed E-state index contributed by atoms with van der Waals surface area (Å²) in [5, 5.41) is 9.08. The number of anilines is 1. The number of aliphatic carboxylic acids is 1. The van der Waals surface area contributed by atoms with Crippen LogP contribution < -0.4 is 9.64 Å². The summed E-state index contributed by atoms with van der Waals surface area (Å²) in [6, 6.07) is 3.41. The zero-order valence-electron chi connectivity index (χ0n) is 17.0. The first kappa shape index (κ1) is 22.3. The fraction of sp³-hybridized carbons (Fsp3) is 0.455. The SMILES string of the molecule is O=C(O)C1CCN(c2c(F)cc(-c3cc(C(F)(F)F)cc(OC4CCC4)n3)cc2F)CC1. The van der Waals surface area contributed by atoms with Gasteiger partial charge in [-0.3, -0.25) is 4.79 Å². The van der Waals surface area contributed by atoms with Crippen molar-refractivity contribution in [2.45, 2.75) is 44.4 Å². The van der Waals surface area contributed by atoms with Crippen LogP contribution in [0.15, 0.2) is 24.3 Å². The minimum atomic E-state index is -4.68. The van der Waals surface area contributed by atoms with E-state index >= 15 is 0 Å². The Morgan fingerprint density at radius 1 is 1.03 bits per heavy atom. The van der Waals surface area contributed by atoms with Crippen LogP contribution >= 0.6 is 0 Å². The Morgan fingerprint density at radius 3 is 2.16 bits per heavy atom. The maximum atomic E-state index is 14.9. The van der Waals surface area contributed by atoms with E-state index in [-0.39, 0.29) is 54.9 Å². The lowest BCUT2D eigenvalue weighted by Gasteiger charge is -2.32. The first-order chi connectivity index (χ1) is 15.1. The average Bonchev–Trinajstić information content (AvgIpc) is 2.70. The zero-order chi connectivity index (χ0) is 23.0. The fourth-order valence-corrected chi connectivity index (χ4v) is 3.90. The molecule has 1 aromatic heterocycles. The summed E-state index contributed by atoms with van der Waals surface area (Å²) in [7, 11) is 0. The number of nitrogens with zero attached hydrogens (tertiary/aromatic N) is 2. The van der Waals surface area contributed by atoms with E-state index in [9.17, 15) is 26.7 Å². The van der Waals surface area contributed by atoms with Crippen molar-refractivity contribution < 1.29 is 36.6 Å². The number of hydrogen-bond acceptors (Lipinski definition) is 4. The van der Waals surface area contributed by atoms with Crippen LogP contribution in [0, 0.1) is 17.6 Å². The summed E-state index contributed by atoms with van der Waals surface area (Å²) < 4.78 is 75.3. The maximum Gasteiger partial charge on any atom is 0.416 e. The van der Waals surface area contributed by atoms with Crippen molar-refractivity contribution in [2.75, 3.05) is 18.0 Å². The minimum Gasteiger partial charge on any atom is -0.481 e. The van der Waals surface area contributed by atoms with Gasteiger partial charge in [-0.15, -0.1) is 0 Å². The van der Waals surface area contributed by atoms with Gasteiger partial charge < -0.3 is 14.7 Å². The predicted octanol–water partition coefficient (Wildman–Crippen LogP) is 5.28. The average molecular weight is 456 g/mol. The summed E-state index contributed by atoms with van der Waals surface area (Å²) in [4.78, 5) is 16.6. The van der Waals surface area contributed by atoms with Crippen LogP contribution in [0.5, 0.6) is 5.88 Å². The third-order valence-corrected chi connectivity index (χ3v) is 5.94. The van der Waals surface area contributed by atoms with Crippen LogP contribution in [0.25, 0.3) is 11.3 Å². The van der Waals surface area contributed by atoms with Crippen molar-refractivity contribution in [3.05, 3.63) is 41.5 Å². The quantitative estimate of drug-likeness (QED) is 0.621. The third-order valence-electron chi connectivity index (χ3n) is 5.94. The van der Waals surface area contributed by atoms with E-state index in [0.717, 1.165) is 30.7 Å².